The number of nitrogens with zero attached hydrogens (tertiary/aromatic N) is 2. The molecular weight excluding hydrogens is 180 g/mol. The molecule has 0 fully saturated rings. The van der Waals surface area contributed by atoms with Gasteiger partial charge >= 0.3 is 6.03 Å². The van der Waals surface area contributed by atoms with Gasteiger partial charge in [0, 0.05) is 19.3 Å². The molecule has 0 aliphatic rings. The Kier molecular flexibility index (Phi) is 3.50. The van der Waals surface area contributed by atoms with Gasteiger partial charge in [0.1, 0.15) is 0 Å². The van der Waals surface area contributed by atoms with Gasteiger partial charge in [0.25, 0.3) is 0 Å². The number of aryl methyl sites for hydroxylation is 1. The van der Waals surface area contributed by atoms with Crippen LogP contribution in [0.4, 0.5) is 4.79 Å². The van der Waals surface area contributed by atoms with Gasteiger partial charge in [-0.2, -0.15) is 5.10 Å². The van der Waals surface area contributed by atoms with Crippen LogP contribution < -0.4 is 10.6 Å². The molecule has 0 saturated carbocycles. The van der Waals surface area contributed by atoms with Gasteiger partial charge in [-0.05, 0) is 19.9 Å². The summed E-state index contributed by atoms with van der Waals surface area (Å²) in [6.07, 6.45) is 1.71. The van der Waals surface area contributed by atoms with Crippen LogP contribution in [0.5, 0.6) is 0 Å². The van der Waals surface area contributed by atoms with E-state index in [-0.39, 0.29) is 12.1 Å². The zero-order valence-electron chi connectivity index (χ0n) is 8.74. The van der Waals surface area contributed by atoms with Crippen LogP contribution in [0, 0.1) is 0 Å². The highest BCUT2D eigenvalue weighted by molar-refractivity contribution is 5.73. The Morgan fingerprint density at radius 3 is 2.86 bits per heavy atom. The van der Waals surface area contributed by atoms with Crippen molar-refractivity contribution in [2.45, 2.75) is 26.4 Å². The number of rotatable bonds is 3. The molecule has 5 nitrogen and oxygen atoms in total. The summed E-state index contributed by atoms with van der Waals surface area (Å²) in [7, 11) is 1.84. The van der Waals surface area contributed by atoms with E-state index in [0.717, 1.165) is 5.69 Å². The minimum Gasteiger partial charge on any atom is -0.336 e. The fourth-order valence-corrected chi connectivity index (χ4v) is 1.06. The predicted molar refractivity (Wildman–Crippen MR) is 53.7 cm³/mol. The Bertz CT molecular complexity index is 306. The lowest BCUT2D eigenvalue weighted by molar-refractivity contribution is 0.238. The third-order valence-electron chi connectivity index (χ3n) is 1.77. The summed E-state index contributed by atoms with van der Waals surface area (Å²) in [6, 6.07) is 1.87. The maximum Gasteiger partial charge on any atom is 0.315 e. The quantitative estimate of drug-likeness (QED) is 0.744. The number of carbonyl (C=O) groups excluding carboxylic acids is 1. The van der Waals surface area contributed by atoms with Crippen LogP contribution >= 0.6 is 0 Å². The fraction of sp³-hybridized carbons (Fsp3) is 0.556. The Hall–Kier alpha value is -1.52. The lowest BCUT2D eigenvalue weighted by atomic mass is 10.4. The van der Waals surface area contributed by atoms with Crippen LogP contribution in [0.3, 0.4) is 0 Å². The standard InChI is InChI=1S/C9H16N4O/c1-7(2)12-9(14)10-6-8-4-5-11-13(8)3/h4-5,7H,6H2,1-3H3,(H2,10,12,14). The molecule has 0 bridgehead atoms. The molecule has 0 unspecified atom stereocenters. The number of aromatic nitrogens is 2. The summed E-state index contributed by atoms with van der Waals surface area (Å²) in [5, 5.41) is 9.49. The van der Waals surface area contributed by atoms with Crippen molar-refractivity contribution < 1.29 is 4.79 Å². The monoisotopic (exact) mass is 196 g/mol. The Labute approximate surface area is 83.5 Å². The fourth-order valence-electron chi connectivity index (χ4n) is 1.06. The van der Waals surface area contributed by atoms with Crippen molar-refractivity contribution in [2.24, 2.45) is 7.05 Å². The average Bonchev–Trinajstić information content (AvgIpc) is 2.46. The highest BCUT2D eigenvalue weighted by atomic mass is 16.2. The van der Waals surface area contributed by atoms with E-state index in [1.54, 1.807) is 10.9 Å². The van der Waals surface area contributed by atoms with Crippen molar-refractivity contribution in [3.8, 4) is 0 Å². The normalized spacial score (nSPS) is 10.3. The van der Waals surface area contributed by atoms with Crippen LogP contribution in [-0.4, -0.2) is 21.9 Å². The number of amides is 2. The summed E-state index contributed by atoms with van der Waals surface area (Å²) in [5.41, 5.74) is 0.976. The third kappa shape index (κ3) is 3.08. The first kappa shape index (κ1) is 10.6. The second-order valence-electron chi connectivity index (χ2n) is 3.43. The van der Waals surface area contributed by atoms with Gasteiger partial charge in [-0.15, -0.1) is 0 Å². The van der Waals surface area contributed by atoms with Gasteiger partial charge in [0.2, 0.25) is 0 Å². The van der Waals surface area contributed by atoms with Crippen LogP contribution in [0.15, 0.2) is 12.3 Å². The van der Waals surface area contributed by atoms with Crippen molar-refractivity contribution >= 4 is 6.03 Å². The van der Waals surface area contributed by atoms with E-state index in [1.165, 1.54) is 0 Å². The van der Waals surface area contributed by atoms with Crippen LogP contribution in [0.1, 0.15) is 19.5 Å². The molecule has 0 atom stereocenters. The molecule has 5 heteroatoms. The van der Waals surface area contributed by atoms with Gasteiger partial charge in [0.05, 0.1) is 12.2 Å². The van der Waals surface area contributed by atoms with Gasteiger partial charge < -0.3 is 10.6 Å². The number of hydrogen-bond acceptors (Lipinski definition) is 2. The lowest BCUT2D eigenvalue weighted by Gasteiger charge is -2.09. The van der Waals surface area contributed by atoms with E-state index in [1.807, 2.05) is 27.0 Å². The molecule has 0 aliphatic heterocycles. The molecule has 0 aliphatic carbocycles. The molecule has 1 heterocycles. The smallest absolute Gasteiger partial charge is 0.315 e. The SMILES string of the molecule is CC(C)NC(=O)NCc1ccnn1C. The van der Waals surface area contributed by atoms with Gasteiger partial charge in [0.15, 0.2) is 0 Å². The van der Waals surface area contributed by atoms with E-state index < -0.39 is 0 Å². The topological polar surface area (TPSA) is 59.0 Å². The van der Waals surface area contributed by atoms with Crippen molar-refractivity contribution in [1.29, 1.82) is 0 Å². The van der Waals surface area contributed by atoms with E-state index in [2.05, 4.69) is 15.7 Å². The van der Waals surface area contributed by atoms with Crippen LogP contribution in [0.25, 0.3) is 0 Å². The molecular formula is C9H16N4O. The number of hydrogen-bond donors (Lipinski definition) is 2. The molecule has 78 valence electrons. The molecule has 0 radical (unpaired) electrons. The molecule has 14 heavy (non-hydrogen) atoms. The molecule has 0 saturated heterocycles. The number of carbonyl (C=O) groups is 1. The van der Waals surface area contributed by atoms with Crippen LogP contribution in [-0.2, 0) is 13.6 Å². The molecule has 2 amide bonds. The zero-order chi connectivity index (χ0) is 10.6. The molecule has 2 N–H and O–H groups in total. The van der Waals surface area contributed by atoms with Gasteiger partial charge in [-0.3, -0.25) is 4.68 Å². The van der Waals surface area contributed by atoms with Gasteiger partial charge in [-0.1, -0.05) is 0 Å². The summed E-state index contributed by atoms with van der Waals surface area (Å²) in [6.45, 7) is 4.34. The molecule has 0 aromatic carbocycles. The first-order valence-corrected chi connectivity index (χ1v) is 4.61. The predicted octanol–water partition coefficient (Wildman–Crippen LogP) is 0.628. The zero-order valence-corrected chi connectivity index (χ0v) is 8.74. The number of nitrogens with one attached hydrogen (secondary N) is 2. The molecule has 1 rings (SSSR count). The minimum atomic E-state index is -0.152. The Morgan fingerprint density at radius 1 is 1.64 bits per heavy atom. The van der Waals surface area contributed by atoms with Crippen LogP contribution in [0.2, 0.25) is 0 Å². The molecule has 1 aromatic rings. The average molecular weight is 196 g/mol. The largest absolute Gasteiger partial charge is 0.336 e. The van der Waals surface area contributed by atoms with Gasteiger partial charge in [-0.25, -0.2) is 4.79 Å². The van der Waals surface area contributed by atoms with E-state index in [0.29, 0.717) is 6.54 Å². The second kappa shape index (κ2) is 4.64. The second-order valence-corrected chi connectivity index (χ2v) is 3.43. The maximum absolute atomic E-state index is 11.2. The summed E-state index contributed by atoms with van der Waals surface area (Å²) < 4.78 is 1.73. The minimum absolute atomic E-state index is 0.152. The van der Waals surface area contributed by atoms with Crippen molar-refractivity contribution in [3.63, 3.8) is 0 Å². The Balaban J connectivity index is 2.34. The lowest BCUT2D eigenvalue weighted by Crippen LogP contribution is -2.39. The van der Waals surface area contributed by atoms with Crippen molar-refractivity contribution in [2.75, 3.05) is 0 Å². The molecule has 0 spiro atoms. The van der Waals surface area contributed by atoms with E-state index >= 15 is 0 Å². The van der Waals surface area contributed by atoms with E-state index in [9.17, 15) is 4.79 Å². The summed E-state index contributed by atoms with van der Waals surface area (Å²) in [5.74, 6) is 0. The molecule has 1 aromatic heterocycles. The Morgan fingerprint density at radius 2 is 2.36 bits per heavy atom. The summed E-state index contributed by atoms with van der Waals surface area (Å²) >= 11 is 0. The number of urea groups is 1. The van der Waals surface area contributed by atoms with E-state index in [4.69, 9.17) is 0 Å². The summed E-state index contributed by atoms with van der Waals surface area (Å²) in [4.78, 5) is 11.2. The highest BCUT2D eigenvalue weighted by Crippen LogP contribution is 1.94. The highest BCUT2D eigenvalue weighted by Gasteiger charge is 2.03. The first-order valence-electron chi connectivity index (χ1n) is 4.61. The van der Waals surface area contributed by atoms with Crippen molar-refractivity contribution in [3.05, 3.63) is 18.0 Å². The maximum atomic E-state index is 11.2. The first-order chi connectivity index (χ1) is 6.59. The van der Waals surface area contributed by atoms with Crippen molar-refractivity contribution in [1.82, 2.24) is 20.4 Å². The third-order valence-corrected chi connectivity index (χ3v) is 1.77.